The van der Waals surface area contributed by atoms with Gasteiger partial charge in [-0.15, -0.1) is 0 Å². The van der Waals surface area contributed by atoms with E-state index in [2.05, 4.69) is 15.3 Å². The third-order valence-corrected chi connectivity index (χ3v) is 7.06. The summed E-state index contributed by atoms with van der Waals surface area (Å²) >= 11 is 0. The molecule has 0 atom stereocenters. The van der Waals surface area contributed by atoms with Crippen LogP contribution < -0.4 is 16.6 Å². The van der Waals surface area contributed by atoms with E-state index in [9.17, 15) is 14.7 Å². The third kappa shape index (κ3) is 4.99. The normalized spacial score (nSPS) is 13.5. The van der Waals surface area contributed by atoms with E-state index in [1.807, 2.05) is 59.4 Å². The van der Waals surface area contributed by atoms with E-state index in [0.29, 0.717) is 35.0 Å². The summed E-state index contributed by atoms with van der Waals surface area (Å²) in [5.41, 5.74) is 9.59. The summed E-state index contributed by atoms with van der Waals surface area (Å²) in [5, 5.41) is 14.0. The summed E-state index contributed by atoms with van der Waals surface area (Å²) in [5.74, 6) is 0.262. The maximum atomic E-state index is 13.4. The Morgan fingerprint density at radius 2 is 1.80 bits per heavy atom. The fraction of sp³-hybridized carbons (Fsp3) is 0.226. The maximum absolute atomic E-state index is 13.4. The quantitative estimate of drug-likeness (QED) is 0.277. The average Bonchev–Trinajstić information content (AvgIpc) is 3.72. The number of aromatic nitrogens is 4. The maximum Gasteiger partial charge on any atom is 0.267 e. The van der Waals surface area contributed by atoms with Crippen LogP contribution in [0.2, 0.25) is 0 Å². The van der Waals surface area contributed by atoms with Gasteiger partial charge in [0.05, 0.1) is 17.5 Å². The molecule has 3 heterocycles. The standard InChI is InChI=1S/C31H30N6O3/c1-31(2,40)17-36-16-25(26-27(32)33-18-34-28(26)36)20-10-12-22(13-11-20)35-29(38)24-14-21(19-8-9-19)15-37(30(24)39)23-6-4-3-5-7-23/h3-7,10-16,18-19,40H,8-9,17H2,1-2H3,(H,35,38)(H2,32,33,34). The molecular formula is C31H30N6O3. The Balaban J connectivity index is 1.31. The molecule has 5 aromatic rings. The van der Waals surface area contributed by atoms with Gasteiger partial charge < -0.3 is 20.7 Å². The van der Waals surface area contributed by atoms with Crippen molar-refractivity contribution in [3.8, 4) is 16.8 Å². The molecule has 2 aromatic carbocycles. The molecule has 9 heteroatoms. The molecule has 40 heavy (non-hydrogen) atoms. The lowest BCUT2D eigenvalue weighted by atomic mass is 10.1. The van der Waals surface area contributed by atoms with Crippen molar-refractivity contribution in [1.82, 2.24) is 19.1 Å². The number of rotatable bonds is 7. The van der Waals surface area contributed by atoms with Gasteiger partial charge in [0.15, 0.2) is 0 Å². The molecule has 6 rings (SSSR count). The van der Waals surface area contributed by atoms with E-state index in [1.165, 1.54) is 6.33 Å². The first-order valence-electron chi connectivity index (χ1n) is 13.2. The third-order valence-electron chi connectivity index (χ3n) is 7.06. The van der Waals surface area contributed by atoms with Gasteiger partial charge in [-0.1, -0.05) is 30.3 Å². The Morgan fingerprint density at radius 1 is 1.07 bits per heavy atom. The number of para-hydroxylation sites is 1. The zero-order chi connectivity index (χ0) is 28.0. The van der Waals surface area contributed by atoms with E-state index in [-0.39, 0.29) is 11.1 Å². The highest BCUT2D eigenvalue weighted by molar-refractivity contribution is 6.05. The van der Waals surface area contributed by atoms with Crippen LogP contribution in [0.3, 0.4) is 0 Å². The zero-order valence-electron chi connectivity index (χ0n) is 22.3. The molecule has 0 spiro atoms. The van der Waals surface area contributed by atoms with Gasteiger partial charge in [0.25, 0.3) is 11.5 Å². The first kappa shape index (κ1) is 25.5. The van der Waals surface area contributed by atoms with Gasteiger partial charge >= 0.3 is 0 Å². The number of nitrogen functional groups attached to an aromatic ring is 1. The Labute approximate surface area is 230 Å². The van der Waals surface area contributed by atoms with Crippen LogP contribution in [0.25, 0.3) is 27.8 Å². The lowest BCUT2D eigenvalue weighted by molar-refractivity contribution is 0.0627. The number of anilines is 2. The van der Waals surface area contributed by atoms with Crippen LogP contribution in [0.1, 0.15) is 48.5 Å². The van der Waals surface area contributed by atoms with Crippen molar-refractivity contribution in [2.75, 3.05) is 11.1 Å². The lowest BCUT2D eigenvalue weighted by Crippen LogP contribution is -2.28. The van der Waals surface area contributed by atoms with E-state index in [1.54, 1.807) is 36.6 Å². The van der Waals surface area contributed by atoms with Crippen LogP contribution in [0.5, 0.6) is 0 Å². The highest BCUT2D eigenvalue weighted by atomic mass is 16.3. The molecule has 0 radical (unpaired) electrons. The largest absolute Gasteiger partial charge is 0.389 e. The van der Waals surface area contributed by atoms with Crippen molar-refractivity contribution in [3.05, 3.63) is 101 Å². The minimum Gasteiger partial charge on any atom is -0.389 e. The molecule has 1 aliphatic rings. The molecule has 9 nitrogen and oxygen atoms in total. The Bertz CT molecular complexity index is 1780. The molecular weight excluding hydrogens is 504 g/mol. The van der Waals surface area contributed by atoms with Gasteiger partial charge in [-0.3, -0.25) is 14.2 Å². The van der Waals surface area contributed by atoms with Crippen LogP contribution >= 0.6 is 0 Å². The molecule has 4 N–H and O–H groups in total. The van der Waals surface area contributed by atoms with Crippen LogP contribution in [-0.2, 0) is 6.54 Å². The predicted octanol–water partition coefficient (Wildman–Crippen LogP) is 4.73. The first-order valence-corrected chi connectivity index (χ1v) is 13.2. The summed E-state index contributed by atoms with van der Waals surface area (Å²) in [6.07, 6.45) is 7.26. The summed E-state index contributed by atoms with van der Waals surface area (Å²) in [6.45, 7) is 3.79. The monoisotopic (exact) mass is 534 g/mol. The smallest absolute Gasteiger partial charge is 0.267 e. The van der Waals surface area contributed by atoms with Gasteiger partial charge in [-0.05, 0) is 74.1 Å². The number of fused-ring (bicyclic) bond motifs is 1. The topological polar surface area (TPSA) is 128 Å². The molecule has 3 aromatic heterocycles. The van der Waals surface area contributed by atoms with Crippen LogP contribution in [0.15, 0.2) is 84.2 Å². The molecule has 1 aliphatic carbocycles. The second-order valence-corrected chi connectivity index (χ2v) is 10.9. The summed E-state index contributed by atoms with van der Waals surface area (Å²) in [4.78, 5) is 35.2. The SMILES string of the molecule is CC(C)(O)Cn1cc(-c2ccc(NC(=O)c3cc(C4CC4)cn(-c4ccccc4)c3=O)cc2)c2c(N)ncnc21. The number of benzene rings is 2. The van der Waals surface area contributed by atoms with Crippen molar-refractivity contribution < 1.29 is 9.90 Å². The number of carbonyl (C=O) groups excluding carboxylic acids is 1. The number of aliphatic hydroxyl groups is 1. The summed E-state index contributed by atoms with van der Waals surface area (Å²) in [6, 6.07) is 18.4. The van der Waals surface area contributed by atoms with Gasteiger partial charge in [-0.2, -0.15) is 0 Å². The number of hydrogen-bond donors (Lipinski definition) is 3. The van der Waals surface area contributed by atoms with Gasteiger partial charge in [0, 0.05) is 29.3 Å². The van der Waals surface area contributed by atoms with Crippen LogP contribution in [-0.4, -0.2) is 35.7 Å². The summed E-state index contributed by atoms with van der Waals surface area (Å²) < 4.78 is 3.42. The molecule has 202 valence electrons. The molecule has 1 fully saturated rings. The highest BCUT2D eigenvalue weighted by Gasteiger charge is 2.27. The fourth-order valence-electron chi connectivity index (χ4n) is 5.02. The zero-order valence-corrected chi connectivity index (χ0v) is 22.3. The second-order valence-electron chi connectivity index (χ2n) is 10.9. The van der Waals surface area contributed by atoms with E-state index >= 15 is 0 Å². The lowest BCUT2D eigenvalue weighted by Gasteiger charge is -2.18. The van der Waals surface area contributed by atoms with Crippen LogP contribution in [0, 0.1) is 0 Å². The highest BCUT2D eigenvalue weighted by Crippen LogP contribution is 2.40. The van der Waals surface area contributed by atoms with Crippen molar-refractivity contribution >= 4 is 28.4 Å². The van der Waals surface area contributed by atoms with Gasteiger partial charge in [0.1, 0.15) is 23.4 Å². The minimum atomic E-state index is -0.951. The number of pyridine rings is 1. The van der Waals surface area contributed by atoms with E-state index in [0.717, 1.165) is 35.2 Å². The molecule has 0 bridgehead atoms. The van der Waals surface area contributed by atoms with Crippen molar-refractivity contribution in [2.24, 2.45) is 0 Å². The van der Waals surface area contributed by atoms with Gasteiger partial charge in [-0.25, -0.2) is 9.97 Å². The predicted molar refractivity (Wildman–Crippen MR) is 156 cm³/mol. The molecule has 0 unspecified atom stereocenters. The first-order chi connectivity index (χ1) is 19.2. The van der Waals surface area contributed by atoms with E-state index < -0.39 is 11.5 Å². The van der Waals surface area contributed by atoms with E-state index in [4.69, 9.17) is 5.73 Å². The molecule has 0 aliphatic heterocycles. The Morgan fingerprint density at radius 3 is 2.48 bits per heavy atom. The summed E-state index contributed by atoms with van der Waals surface area (Å²) in [7, 11) is 0. The molecule has 0 saturated heterocycles. The number of amides is 1. The average molecular weight is 535 g/mol. The number of nitrogens with zero attached hydrogens (tertiary/aromatic N) is 4. The molecule has 1 saturated carbocycles. The number of nitrogens with one attached hydrogen (secondary N) is 1. The Kier molecular flexibility index (Phi) is 6.23. The van der Waals surface area contributed by atoms with Crippen molar-refractivity contribution in [1.29, 1.82) is 0 Å². The van der Waals surface area contributed by atoms with Gasteiger partial charge in [0.2, 0.25) is 0 Å². The number of nitrogens with two attached hydrogens (primary N) is 1. The van der Waals surface area contributed by atoms with Crippen LogP contribution in [0.4, 0.5) is 11.5 Å². The Hall–Kier alpha value is -4.76. The number of carbonyl (C=O) groups is 1. The van der Waals surface area contributed by atoms with Crippen molar-refractivity contribution in [2.45, 2.75) is 44.8 Å². The fourth-order valence-corrected chi connectivity index (χ4v) is 5.02. The number of hydrogen-bond acceptors (Lipinski definition) is 6. The second kappa shape index (κ2) is 9.77. The van der Waals surface area contributed by atoms with Crippen molar-refractivity contribution in [3.63, 3.8) is 0 Å². The molecule has 1 amide bonds. The minimum absolute atomic E-state index is 0.108.